The molecule has 0 aliphatic carbocycles. The zero-order valence-corrected chi connectivity index (χ0v) is 13.2. The Morgan fingerprint density at radius 3 is 2.48 bits per heavy atom. The Morgan fingerprint density at radius 2 is 1.74 bits per heavy atom. The van der Waals surface area contributed by atoms with Crippen molar-refractivity contribution in [2.45, 2.75) is 6.17 Å². The van der Waals surface area contributed by atoms with E-state index in [1.165, 1.54) is 0 Å². The lowest BCUT2D eigenvalue weighted by molar-refractivity contribution is 0.0475. The van der Waals surface area contributed by atoms with E-state index in [0.717, 1.165) is 43.1 Å². The summed E-state index contributed by atoms with van der Waals surface area (Å²) in [6.07, 6.45) is 1.89. The van der Waals surface area contributed by atoms with Gasteiger partial charge in [-0.1, -0.05) is 24.3 Å². The number of rotatable bonds is 2. The Balaban J connectivity index is 1.52. The summed E-state index contributed by atoms with van der Waals surface area (Å²) in [6, 6.07) is 14.0. The topological polar surface area (TPSA) is 39.7 Å². The van der Waals surface area contributed by atoms with Crippen LogP contribution in [0.3, 0.4) is 0 Å². The van der Waals surface area contributed by atoms with Crippen molar-refractivity contribution in [2.24, 2.45) is 0 Å². The summed E-state index contributed by atoms with van der Waals surface area (Å²) in [5.41, 5.74) is 1.97. The Bertz CT molecular complexity index is 710. The SMILES string of the molecule is CN1C(=O)c2ccccc2C1N1CCN(c2ccccn2)CC1. The normalized spacial score (nSPS) is 21.6. The number of anilines is 1. The Labute approximate surface area is 136 Å². The number of nitrogens with zero attached hydrogens (tertiary/aromatic N) is 4. The number of hydrogen-bond acceptors (Lipinski definition) is 4. The average Bonchev–Trinajstić information content (AvgIpc) is 2.87. The monoisotopic (exact) mass is 308 g/mol. The van der Waals surface area contributed by atoms with Gasteiger partial charge in [0.05, 0.1) is 0 Å². The summed E-state index contributed by atoms with van der Waals surface area (Å²) in [4.78, 5) is 23.4. The summed E-state index contributed by atoms with van der Waals surface area (Å²) >= 11 is 0. The lowest BCUT2D eigenvalue weighted by atomic mass is 10.1. The second kappa shape index (κ2) is 5.66. The lowest BCUT2D eigenvalue weighted by Crippen LogP contribution is -2.50. The van der Waals surface area contributed by atoms with Crippen molar-refractivity contribution >= 4 is 11.7 Å². The number of aromatic nitrogens is 1. The molecule has 3 heterocycles. The number of piperazine rings is 1. The predicted molar refractivity (Wildman–Crippen MR) is 89.3 cm³/mol. The maximum Gasteiger partial charge on any atom is 0.255 e. The molecule has 0 radical (unpaired) electrons. The van der Waals surface area contributed by atoms with Crippen molar-refractivity contribution in [3.05, 3.63) is 59.8 Å². The van der Waals surface area contributed by atoms with Crippen LogP contribution in [-0.2, 0) is 0 Å². The number of benzene rings is 1. The Kier molecular flexibility index (Phi) is 3.50. The Hall–Kier alpha value is -2.40. The van der Waals surface area contributed by atoms with Crippen molar-refractivity contribution in [3.63, 3.8) is 0 Å². The molecule has 0 spiro atoms. The van der Waals surface area contributed by atoms with E-state index in [1.54, 1.807) is 0 Å². The summed E-state index contributed by atoms with van der Waals surface area (Å²) < 4.78 is 0. The van der Waals surface area contributed by atoms with E-state index < -0.39 is 0 Å². The fraction of sp³-hybridized carbons (Fsp3) is 0.333. The molecule has 0 saturated carbocycles. The second-order valence-corrected chi connectivity index (χ2v) is 6.09. The molecular weight excluding hydrogens is 288 g/mol. The van der Waals surface area contributed by atoms with Gasteiger partial charge < -0.3 is 9.80 Å². The highest BCUT2D eigenvalue weighted by Crippen LogP contribution is 2.35. The number of carbonyl (C=O) groups is 1. The third-order valence-electron chi connectivity index (χ3n) is 4.79. The molecule has 1 amide bonds. The van der Waals surface area contributed by atoms with Gasteiger partial charge in [-0.05, 0) is 18.2 Å². The summed E-state index contributed by atoms with van der Waals surface area (Å²) in [6.45, 7) is 3.70. The first-order chi connectivity index (χ1) is 11.3. The van der Waals surface area contributed by atoms with Crippen LogP contribution in [0, 0.1) is 0 Å². The smallest absolute Gasteiger partial charge is 0.255 e. The molecule has 1 saturated heterocycles. The Morgan fingerprint density at radius 1 is 1.00 bits per heavy atom. The van der Waals surface area contributed by atoms with Crippen LogP contribution in [0.25, 0.3) is 0 Å². The van der Waals surface area contributed by atoms with Crippen LogP contribution in [0.5, 0.6) is 0 Å². The van der Waals surface area contributed by atoms with Crippen LogP contribution < -0.4 is 4.90 Å². The first-order valence-corrected chi connectivity index (χ1v) is 8.02. The van der Waals surface area contributed by atoms with Crippen molar-refractivity contribution in [1.29, 1.82) is 0 Å². The number of hydrogen-bond donors (Lipinski definition) is 0. The van der Waals surface area contributed by atoms with Crippen molar-refractivity contribution in [2.75, 3.05) is 38.1 Å². The predicted octanol–water partition coefficient (Wildman–Crippen LogP) is 1.99. The molecule has 4 rings (SSSR count). The van der Waals surface area contributed by atoms with Crippen molar-refractivity contribution < 1.29 is 4.79 Å². The molecular formula is C18H20N4O. The summed E-state index contributed by atoms with van der Waals surface area (Å²) in [5, 5.41) is 0. The maximum atomic E-state index is 12.4. The van der Waals surface area contributed by atoms with Gasteiger partial charge in [0.15, 0.2) is 0 Å². The van der Waals surface area contributed by atoms with Crippen LogP contribution >= 0.6 is 0 Å². The van der Waals surface area contributed by atoms with E-state index in [1.807, 2.05) is 48.5 Å². The van der Waals surface area contributed by atoms with Gasteiger partial charge in [-0.3, -0.25) is 9.69 Å². The molecule has 1 fully saturated rings. The fourth-order valence-electron chi connectivity index (χ4n) is 3.60. The molecule has 1 aromatic heterocycles. The van der Waals surface area contributed by atoms with Crippen LogP contribution in [0.15, 0.2) is 48.7 Å². The van der Waals surface area contributed by atoms with Gasteiger partial charge >= 0.3 is 0 Å². The third kappa shape index (κ3) is 2.37. The van der Waals surface area contributed by atoms with E-state index in [-0.39, 0.29) is 12.1 Å². The van der Waals surface area contributed by atoms with E-state index in [4.69, 9.17) is 0 Å². The summed E-state index contributed by atoms with van der Waals surface area (Å²) in [5.74, 6) is 1.15. The van der Waals surface area contributed by atoms with Gasteiger partial charge in [0, 0.05) is 50.6 Å². The van der Waals surface area contributed by atoms with Gasteiger partial charge in [-0.2, -0.15) is 0 Å². The number of pyridine rings is 1. The fourth-order valence-corrected chi connectivity index (χ4v) is 3.60. The maximum absolute atomic E-state index is 12.4. The van der Waals surface area contributed by atoms with Gasteiger partial charge in [-0.25, -0.2) is 4.98 Å². The van der Waals surface area contributed by atoms with Gasteiger partial charge in [-0.15, -0.1) is 0 Å². The van der Waals surface area contributed by atoms with E-state index in [2.05, 4.69) is 26.9 Å². The van der Waals surface area contributed by atoms with E-state index in [0.29, 0.717) is 0 Å². The molecule has 2 aliphatic heterocycles. The van der Waals surface area contributed by atoms with Crippen LogP contribution in [0.1, 0.15) is 22.1 Å². The first kappa shape index (κ1) is 14.2. The van der Waals surface area contributed by atoms with Crippen LogP contribution in [0.2, 0.25) is 0 Å². The third-order valence-corrected chi connectivity index (χ3v) is 4.79. The van der Waals surface area contributed by atoms with Gasteiger partial charge in [0.25, 0.3) is 5.91 Å². The lowest BCUT2D eigenvalue weighted by Gasteiger charge is -2.40. The molecule has 2 aliphatic rings. The van der Waals surface area contributed by atoms with Crippen molar-refractivity contribution in [1.82, 2.24) is 14.8 Å². The minimum absolute atomic E-state index is 0.0598. The molecule has 0 N–H and O–H groups in total. The van der Waals surface area contributed by atoms with Gasteiger partial charge in [0.2, 0.25) is 0 Å². The molecule has 1 unspecified atom stereocenters. The molecule has 5 nitrogen and oxygen atoms in total. The quantitative estimate of drug-likeness (QED) is 0.850. The van der Waals surface area contributed by atoms with E-state index >= 15 is 0 Å². The first-order valence-electron chi connectivity index (χ1n) is 8.02. The number of carbonyl (C=O) groups excluding carboxylic acids is 1. The van der Waals surface area contributed by atoms with Crippen LogP contribution in [-0.4, -0.2) is 53.9 Å². The zero-order chi connectivity index (χ0) is 15.8. The molecule has 1 aromatic carbocycles. The zero-order valence-electron chi connectivity index (χ0n) is 13.2. The molecule has 23 heavy (non-hydrogen) atoms. The van der Waals surface area contributed by atoms with Crippen molar-refractivity contribution in [3.8, 4) is 0 Å². The molecule has 1 atom stereocenters. The van der Waals surface area contributed by atoms with Gasteiger partial charge in [0.1, 0.15) is 12.0 Å². The average molecular weight is 308 g/mol. The second-order valence-electron chi connectivity index (χ2n) is 6.09. The molecule has 118 valence electrons. The van der Waals surface area contributed by atoms with Crippen LogP contribution in [0.4, 0.5) is 5.82 Å². The van der Waals surface area contributed by atoms with E-state index in [9.17, 15) is 4.79 Å². The minimum atomic E-state index is 0.0598. The number of fused-ring (bicyclic) bond motifs is 1. The number of amides is 1. The molecule has 0 bridgehead atoms. The molecule has 5 heteroatoms. The summed E-state index contributed by atoms with van der Waals surface area (Å²) in [7, 11) is 1.90. The minimum Gasteiger partial charge on any atom is -0.354 e. The standard InChI is InChI=1S/C18H20N4O/c1-20-17(14-6-2-3-7-15(14)18(20)23)22-12-10-21(11-13-22)16-8-4-5-9-19-16/h2-9,17H,10-13H2,1H3. The highest BCUT2D eigenvalue weighted by Gasteiger charge is 2.38. The largest absolute Gasteiger partial charge is 0.354 e. The highest BCUT2D eigenvalue weighted by molar-refractivity contribution is 5.98. The highest BCUT2D eigenvalue weighted by atomic mass is 16.2. The molecule has 2 aromatic rings.